The van der Waals surface area contributed by atoms with Gasteiger partial charge in [0.2, 0.25) is 0 Å². The van der Waals surface area contributed by atoms with Crippen LogP contribution in [0.4, 0.5) is 0 Å². The van der Waals surface area contributed by atoms with Crippen LogP contribution in [0.1, 0.15) is 32.4 Å². The fourth-order valence-corrected chi connectivity index (χ4v) is 2.60. The molecule has 4 nitrogen and oxygen atoms in total. The Hall–Kier alpha value is -2.17. The van der Waals surface area contributed by atoms with Crippen molar-refractivity contribution in [3.8, 4) is 0 Å². The van der Waals surface area contributed by atoms with Gasteiger partial charge in [0, 0.05) is 5.02 Å². The topological polar surface area (TPSA) is 57.6 Å². The van der Waals surface area contributed by atoms with E-state index < -0.39 is 6.10 Å². The molecule has 1 atom stereocenters. The fraction of sp³-hybridized carbons (Fsp3) is 0.125. The molecule has 2 amide bonds. The minimum absolute atomic E-state index is 0.0906. The van der Waals surface area contributed by atoms with Crippen molar-refractivity contribution in [3.63, 3.8) is 0 Å². The molecule has 0 spiro atoms. The molecular weight excluding hydrogens is 290 g/mol. The maximum atomic E-state index is 12.2. The van der Waals surface area contributed by atoms with E-state index in [0.29, 0.717) is 21.7 Å². The van der Waals surface area contributed by atoms with Crippen molar-refractivity contribution in [3.05, 3.63) is 70.2 Å². The third kappa shape index (κ3) is 2.44. The number of amides is 2. The van der Waals surface area contributed by atoms with E-state index in [9.17, 15) is 14.7 Å². The summed E-state index contributed by atoms with van der Waals surface area (Å²) in [6.07, 6.45) is -0.967. The van der Waals surface area contributed by atoms with E-state index in [-0.39, 0.29) is 18.4 Å². The van der Waals surface area contributed by atoms with E-state index in [1.165, 1.54) is 0 Å². The molecule has 0 unspecified atom stereocenters. The van der Waals surface area contributed by atoms with Crippen LogP contribution in [0.3, 0.4) is 0 Å². The van der Waals surface area contributed by atoms with Crippen LogP contribution in [0.25, 0.3) is 0 Å². The molecule has 5 heteroatoms. The maximum absolute atomic E-state index is 12.2. The maximum Gasteiger partial charge on any atom is 0.261 e. The van der Waals surface area contributed by atoms with Crippen molar-refractivity contribution in [2.75, 3.05) is 6.54 Å². The van der Waals surface area contributed by atoms with Crippen LogP contribution in [0.15, 0.2) is 48.5 Å². The predicted octanol–water partition coefficient (Wildman–Crippen LogP) is 2.67. The average molecular weight is 302 g/mol. The monoisotopic (exact) mass is 301 g/mol. The Morgan fingerprint density at radius 2 is 1.62 bits per heavy atom. The second-order valence-corrected chi connectivity index (χ2v) is 5.27. The van der Waals surface area contributed by atoms with E-state index in [2.05, 4.69) is 0 Å². The van der Waals surface area contributed by atoms with Gasteiger partial charge in [-0.1, -0.05) is 35.9 Å². The van der Waals surface area contributed by atoms with Crippen LogP contribution in [0.5, 0.6) is 0 Å². The number of hydrogen-bond donors (Lipinski definition) is 1. The van der Waals surface area contributed by atoms with Crippen LogP contribution >= 0.6 is 11.6 Å². The van der Waals surface area contributed by atoms with E-state index in [1.807, 2.05) is 0 Å². The first-order chi connectivity index (χ1) is 10.1. The Bertz CT molecular complexity index is 694. The largest absolute Gasteiger partial charge is 0.387 e. The van der Waals surface area contributed by atoms with Gasteiger partial charge in [-0.2, -0.15) is 0 Å². The average Bonchev–Trinajstić information content (AvgIpc) is 2.73. The SMILES string of the molecule is O=C1c2ccccc2C(=O)N1C[C@@H](O)c1cccc(Cl)c1. The highest BCUT2D eigenvalue weighted by Gasteiger charge is 2.36. The van der Waals surface area contributed by atoms with E-state index in [0.717, 1.165) is 4.90 Å². The van der Waals surface area contributed by atoms with E-state index in [1.54, 1.807) is 48.5 Å². The molecule has 0 radical (unpaired) electrons. The Morgan fingerprint density at radius 1 is 1.00 bits per heavy atom. The number of rotatable bonds is 3. The number of aliphatic hydroxyl groups excluding tert-OH is 1. The molecule has 2 aromatic carbocycles. The van der Waals surface area contributed by atoms with Crippen LogP contribution in [-0.2, 0) is 0 Å². The number of hydrogen-bond acceptors (Lipinski definition) is 3. The molecule has 0 bridgehead atoms. The lowest BCUT2D eigenvalue weighted by Crippen LogP contribution is -2.33. The molecule has 2 aromatic rings. The molecule has 0 saturated carbocycles. The van der Waals surface area contributed by atoms with Gasteiger partial charge in [0.25, 0.3) is 11.8 Å². The zero-order chi connectivity index (χ0) is 15.0. The zero-order valence-electron chi connectivity index (χ0n) is 11.0. The van der Waals surface area contributed by atoms with Gasteiger partial charge in [-0.25, -0.2) is 0 Å². The summed E-state index contributed by atoms with van der Waals surface area (Å²) >= 11 is 5.88. The number of β-amino-alcohol motifs (C(OH)–C–C–N with tert-alkyl or cyclic N) is 1. The van der Waals surface area contributed by atoms with Crippen LogP contribution in [-0.4, -0.2) is 28.4 Å². The zero-order valence-corrected chi connectivity index (χ0v) is 11.7. The van der Waals surface area contributed by atoms with Gasteiger partial charge in [0.15, 0.2) is 0 Å². The summed E-state index contributed by atoms with van der Waals surface area (Å²) in [5, 5.41) is 10.7. The smallest absolute Gasteiger partial charge is 0.261 e. The summed E-state index contributed by atoms with van der Waals surface area (Å²) in [6, 6.07) is 13.4. The standard InChI is InChI=1S/C16H12ClNO3/c17-11-5-3-4-10(8-11)14(19)9-18-15(20)12-6-1-2-7-13(12)16(18)21/h1-8,14,19H,9H2/t14-/m1/s1. The quantitative estimate of drug-likeness (QED) is 0.887. The van der Waals surface area contributed by atoms with Crippen molar-refractivity contribution >= 4 is 23.4 Å². The fourth-order valence-electron chi connectivity index (χ4n) is 2.40. The summed E-state index contributed by atoms with van der Waals surface area (Å²) in [4.78, 5) is 25.5. The van der Waals surface area contributed by atoms with Crippen LogP contribution < -0.4 is 0 Å². The van der Waals surface area contributed by atoms with Crippen molar-refractivity contribution < 1.29 is 14.7 Å². The first-order valence-electron chi connectivity index (χ1n) is 6.46. The molecule has 1 aliphatic heterocycles. The third-order valence-corrected chi connectivity index (χ3v) is 3.70. The molecular formula is C16H12ClNO3. The summed E-state index contributed by atoms with van der Waals surface area (Å²) in [5.41, 5.74) is 1.32. The Balaban J connectivity index is 1.84. The Morgan fingerprint density at radius 3 is 2.19 bits per heavy atom. The molecule has 0 aliphatic carbocycles. The van der Waals surface area contributed by atoms with Crippen molar-refractivity contribution in [2.45, 2.75) is 6.10 Å². The third-order valence-electron chi connectivity index (χ3n) is 3.47. The lowest BCUT2D eigenvalue weighted by Gasteiger charge is -2.18. The van der Waals surface area contributed by atoms with Gasteiger partial charge in [-0.3, -0.25) is 14.5 Å². The number of carbonyl (C=O) groups is 2. The molecule has 1 N–H and O–H groups in total. The molecule has 3 rings (SSSR count). The van der Waals surface area contributed by atoms with Crippen LogP contribution in [0, 0.1) is 0 Å². The molecule has 0 aromatic heterocycles. The van der Waals surface area contributed by atoms with Crippen molar-refractivity contribution in [2.24, 2.45) is 0 Å². The summed E-state index contributed by atoms with van der Waals surface area (Å²) in [5.74, 6) is -0.756. The number of nitrogens with zero attached hydrogens (tertiary/aromatic N) is 1. The van der Waals surface area contributed by atoms with Crippen molar-refractivity contribution in [1.82, 2.24) is 4.90 Å². The molecule has 1 heterocycles. The minimum Gasteiger partial charge on any atom is -0.387 e. The first-order valence-corrected chi connectivity index (χ1v) is 6.84. The second-order valence-electron chi connectivity index (χ2n) is 4.84. The summed E-state index contributed by atoms with van der Waals surface area (Å²) < 4.78 is 0. The lowest BCUT2D eigenvalue weighted by atomic mass is 10.1. The predicted molar refractivity (Wildman–Crippen MR) is 78.2 cm³/mol. The number of benzene rings is 2. The molecule has 106 valence electrons. The Labute approximate surface area is 126 Å². The van der Waals surface area contributed by atoms with Gasteiger partial charge < -0.3 is 5.11 Å². The highest BCUT2D eigenvalue weighted by Crippen LogP contribution is 2.26. The van der Waals surface area contributed by atoms with Gasteiger partial charge in [-0.05, 0) is 29.8 Å². The minimum atomic E-state index is -0.967. The summed E-state index contributed by atoms with van der Waals surface area (Å²) in [6.45, 7) is -0.0906. The molecule has 0 fully saturated rings. The lowest BCUT2D eigenvalue weighted by molar-refractivity contribution is 0.0543. The van der Waals surface area contributed by atoms with Gasteiger partial charge in [0.05, 0.1) is 23.8 Å². The molecule has 0 saturated heterocycles. The Kier molecular flexibility index (Phi) is 3.49. The number of aliphatic hydroxyl groups is 1. The van der Waals surface area contributed by atoms with Gasteiger partial charge in [-0.15, -0.1) is 0 Å². The number of halogens is 1. The number of carbonyl (C=O) groups excluding carboxylic acids is 2. The number of fused-ring (bicyclic) bond motifs is 1. The summed E-state index contributed by atoms with van der Waals surface area (Å²) in [7, 11) is 0. The van der Waals surface area contributed by atoms with Crippen molar-refractivity contribution in [1.29, 1.82) is 0 Å². The second kappa shape index (κ2) is 5.31. The normalized spacial score (nSPS) is 15.2. The van der Waals surface area contributed by atoms with E-state index >= 15 is 0 Å². The molecule has 21 heavy (non-hydrogen) atoms. The van der Waals surface area contributed by atoms with Gasteiger partial charge >= 0.3 is 0 Å². The number of imide groups is 1. The highest BCUT2D eigenvalue weighted by atomic mass is 35.5. The van der Waals surface area contributed by atoms with Crippen LogP contribution in [0.2, 0.25) is 5.02 Å². The van der Waals surface area contributed by atoms with E-state index in [4.69, 9.17) is 11.6 Å². The van der Waals surface area contributed by atoms with Gasteiger partial charge in [0.1, 0.15) is 0 Å². The first kappa shape index (κ1) is 13.8. The highest BCUT2D eigenvalue weighted by molar-refractivity contribution is 6.30. The molecule has 1 aliphatic rings.